The number of likely N-dealkylation sites (N-methyl/N-ethyl adjacent to an activating group) is 1. The molecule has 2 heterocycles. The summed E-state index contributed by atoms with van der Waals surface area (Å²) in [6, 6.07) is 7.38. The summed E-state index contributed by atoms with van der Waals surface area (Å²) in [5, 5.41) is 2.55. The maximum atomic E-state index is 12.7. The molecule has 0 aliphatic carbocycles. The highest BCUT2D eigenvalue weighted by atomic mass is 16.6. The van der Waals surface area contributed by atoms with Gasteiger partial charge in [0.25, 0.3) is 11.8 Å². The van der Waals surface area contributed by atoms with Crippen LogP contribution in [0.2, 0.25) is 0 Å². The van der Waals surface area contributed by atoms with Gasteiger partial charge in [-0.3, -0.25) is 9.59 Å². The molecule has 1 aromatic carbocycles. The molecule has 7 nitrogen and oxygen atoms in total. The zero-order chi connectivity index (χ0) is 17.2. The average Bonchev–Trinajstić information content (AvgIpc) is 2.60. The first kappa shape index (κ1) is 16.9. The van der Waals surface area contributed by atoms with E-state index in [1.165, 1.54) is 0 Å². The lowest BCUT2D eigenvalue weighted by atomic mass is 9.91. The van der Waals surface area contributed by atoms with E-state index >= 15 is 0 Å². The summed E-state index contributed by atoms with van der Waals surface area (Å²) >= 11 is 0. The largest absolute Gasteiger partial charge is 0.375 e. The van der Waals surface area contributed by atoms with Crippen LogP contribution in [-0.4, -0.2) is 69.9 Å². The van der Waals surface area contributed by atoms with Gasteiger partial charge in [0.1, 0.15) is 5.60 Å². The van der Waals surface area contributed by atoms with Gasteiger partial charge in [-0.15, -0.1) is 0 Å². The van der Waals surface area contributed by atoms with Gasteiger partial charge in [-0.1, -0.05) is 12.1 Å². The summed E-state index contributed by atoms with van der Waals surface area (Å²) in [6.07, 6.45) is -0.615. The van der Waals surface area contributed by atoms with Gasteiger partial charge >= 0.3 is 0 Å². The molecule has 3 rings (SSSR count). The first-order chi connectivity index (χ1) is 11.6. The summed E-state index contributed by atoms with van der Waals surface area (Å²) in [4.78, 5) is 26.0. The summed E-state index contributed by atoms with van der Waals surface area (Å²) in [6.45, 7) is 2.13. The fourth-order valence-corrected chi connectivity index (χ4v) is 2.94. The Morgan fingerprint density at radius 1 is 1.29 bits per heavy atom. The molecule has 1 atom stereocenters. The van der Waals surface area contributed by atoms with E-state index in [0.29, 0.717) is 31.9 Å². The van der Waals surface area contributed by atoms with Crippen LogP contribution in [-0.2, 0) is 24.6 Å². The SMILES string of the molecule is CNC(=O)C1CN(C(=O)c2ccc(C3(OC)COC3)cc2)CCO1. The van der Waals surface area contributed by atoms with Crippen molar-refractivity contribution in [2.75, 3.05) is 47.1 Å². The Morgan fingerprint density at radius 2 is 2.00 bits per heavy atom. The number of nitrogens with zero attached hydrogens (tertiary/aromatic N) is 1. The number of rotatable bonds is 4. The van der Waals surface area contributed by atoms with E-state index < -0.39 is 11.7 Å². The second-order valence-electron chi connectivity index (χ2n) is 5.99. The van der Waals surface area contributed by atoms with Crippen LogP contribution in [0.15, 0.2) is 24.3 Å². The van der Waals surface area contributed by atoms with Crippen LogP contribution in [0.5, 0.6) is 0 Å². The predicted molar refractivity (Wildman–Crippen MR) is 85.7 cm³/mol. The Balaban J connectivity index is 1.70. The second-order valence-corrected chi connectivity index (χ2v) is 5.99. The van der Waals surface area contributed by atoms with Crippen LogP contribution >= 0.6 is 0 Å². The number of morpholine rings is 1. The zero-order valence-corrected chi connectivity index (χ0v) is 13.9. The molecule has 2 saturated heterocycles. The van der Waals surface area contributed by atoms with Crippen molar-refractivity contribution in [1.29, 1.82) is 0 Å². The molecule has 2 aliphatic rings. The molecule has 7 heteroatoms. The lowest BCUT2D eigenvalue weighted by Crippen LogP contribution is -2.51. The topological polar surface area (TPSA) is 77.1 Å². The van der Waals surface area contributed by atoms with E-state index in [1.807, 2.05) is 12.1 Å². The highest BCUT2D eigenvalue weighted by Crippen LogP contribution is 2.33. The Bertz CT molecular complexity index is 606. The molecule has 0 bridgehead atoms. The van der Waals surface area contributed by atoms with Gasteiger partial charge < -0.3 is 24.4 Å². The lowest BCUT2D eigenvalue weighted by molar-refractivity contribution is -0.202. The van der Waals surface area contributed by atoms with Gasteiger partial charge in [-0.25, -0.2) is 0 Å². The molecule has 2 aliphatic heterocycles. The third-order valence-electron chi connectivity index (χ3n) is 4.61. The van der Waals surface area contributed by atoms with Gasteiger partial charge in [0, 0.05) is 26.3 Å². The molecule has 2 amide bonds. The van der Waals surface area contributed by atoms with Gasteiger partial charge in [-0.05, 0) is 17.7 Å². The molecule has 1 N–H and O–H groups in total. The smallest absolute Gasteiger partial charge is 0.254 e. The second kappa shape index (κ2) is 6.88. The van der Waals surface area contributed by atoms with Crippen LogP contribution in [0.25, 0.3) is 0 Å². The van der Waals surface area contributed by atoms with Crippen molar-refractivity contribution < 1.29 is 23.8 Å². The summed E-state index contributed by atoms with van der Waals surface area (Å²) < 4.78 is 16.2. The standard InChI is InChI=1S/C17H22N2O5/c1-18-15(20)14-9-19(7-8-24-14)16(21)12-3-5-13(6-4-12)17(22-2)10-23-11-17/h3-6,14H,7-11H2,1-2H3,(H,18,20). The minimum absolute atomic E-state index is 0.102. The van der Waals surface area contributed by atoms with Crippen LogP contribution in [0.3, 0.4) is 0 Å². The van der Waals surface area contributed by atoms with Gasteiger partial charge in [0.05, 0.1) is 26.4 Å². The Labute approximate surface area is 140 Å². The molecule has 0 radical (unpaired) electrons. The highest BCUT2D eigenvalue weighted by Gasteiger charge is 2.40. The third-order valence-corrected chi connectivity index (χ3v) is 4.61. The van der Waals surface area contributed by atoms with E-state index in [4.69, 9.17) is 14.2 Å². The number of amides is 2. The number of hydrogen-bond acceptors (Lipinski definition) is 5. The highest BCUT2D eigenvalue weighted by molar-refractivity contribution is 5.95. The molecular formula is C17H22N2O5. The molecular weight excluding hydrogens is 312 g/mol. The molecule has 0 aromatic heterocycles. The van der Waals surface area contributed by atoms with Gasteiger partial charge in [0.2, 0.25) is 0 Å². The average molecular weight is 334 g/mol. The third kappa shape index (κ3) is 3.02. The molecule has 130 valence electrons. The summed E-state index contributed by atoms with van der Waals surface area (Å²) in [7, 11) is 3.22. The molecule has 1 unspecified atom stereocenters. The van der Waals surface area contributed by atoms with Crippen LogP contribution in [0, 0.1) is 0 Å². The Kier molecular flexibility index (Phi) is 4.84. The summed E-state index contributed by atoms with van der Waals surface area (Å²) in [5.41, 5.74) is 1.19. The maximum Gasteiger partial charge on any atom is 0.254 e. The van der Waals surface area contributed by atoms with Crippen molar-refractivity contribution in [2.45, 2.75) is 11.7 Å². The van der Waals surface area contributed by atoms with Crippen molar-refractivity contribution in [3.8, 4) is 0 Å². The number of benzene rings is 1. The minimum Gasteiger partial charge on any atom is -0.375 e. The Morgan fingerprint density at radius 3 is 2.54 bits per heavy atom. The van der Waals surface area contributed by atoms with Crippen molar-refractivity contribution in [3.63, 3.8) is 0 Å². The van der Waals surface area contributed by atoms with E-state index in [9.17, 15) is 9.59 Å². The predicted octanol–water partition coefficient (Wildman–Crippen LogP) is 0.146. The van der Waals surface area contributed by atoms with Crippen molar-refractivity contribution in [2.24, 2.45) is 0 Å². The number of ether oxygens (including phenoxy) is 3. The van der Waals surface area contributed by atoms with E-state index in [2.05, 4.69) is 5.32 Å². The van der Waals surface area contributed by atoms with E-state index in [1.54, 1.807) is 31.2 Å². The van der Waals surface area contributed by atoms with Crippen LogP contribution in [0.4, 0.5) is 0 Å². The summed E-state index contributed by atoms with van der Waals surface area (Å²) in [5.74, 6) is -0.315. The monoisotopic (exact) mass is 334 g/mol. The van der Waals surface area contributed by atoms with Crippen molar-refractivity contribution in [1.82, 2.24) is 10.2 Å². The van der Waals surface area contributed by atoms with Crippen molar-refractivity contribution in [3.05, 3.63) is 35.4 Å². The number of carbonyl (C=O) groups is 2. The molecule has 24 heavy (non-hydrogen) atoms. The molecule has 0 saturated carbocycles. The zero-order valence-electron chi connectivity index (χ0n) is 13.9. The molecule has 1 aromatic rings. The first-order valence-corrected chi connectivity index (χ1v) is 7.95. The van der Waals surface area contributed by atoms with Crippen LogP contribution in [0.1, 0.15) is 15.9 Å². The number of nitrogens with one attached hydrogen (secondary N) is 1. The van der Waals surface area contributed by atoms with Gasteiger partial charge in [0.15, 0.2) is 6.10 Å². The van der Waals surface area contributed by atoms with E-state index in [0.717, 1.165) is 5.56 Å². The number of hydrogen-bond donors (Lipinski definition) is 1. The van der Waals surface area contributed by atoms with Crippen LogP contribution < -0.4 is 5.32 Å². The Hall–Kier alpha value is -1.96. The van der Waals surface area contributed by atoms with Crippen molar-refractivity contribution >= 4 is 11.8 Å². The quantitative estimate of drug-likeness (QED) is 0.848. The fourth-order valence-electron chi connectivity index (χ4n) is 2.94. The minimum atomic E-state index is -0.615. The number of carbonyl (C=O) groups excluding carboxylic acids is 2. The normalized spacial score (nSPS) is 22.6. The maximum absolute atomic E-state index is 12.7. The molecule has 2 fully saturated rings. The molecule has 0 spiro atoms. The number of methoxy groups -OCH3 is 1. The lowest BCUT2D eigenvalue weighted by Gasteiger charge is -2.40. The van der Waals surface area contributed by atoms with Gasteiger partial charge in [-0.2, -0.15) is 0 Å². The van der Waals surface area contributed by atoms with E-state index in [-0.39, 0.29) is 18.4 Å². The fraction of sp³-hybridized carbons (Fsp3) is 0.529. The first-order valence-electron chi connectivity index (χ1n) is 7.95.